The summed E-state index contributed by atoms with van der Waals surface area (Å²) in [5.41, 5.74) is 1.86. The Hall–Kier alpha value is -1.91. The van der Waals surface area contributed by atoms with Crippen LogP contribution in [0.15, 0.2) is 43.1 Å². The minimum Gasteiger partial charge on any atom is -0.497 e. The number of fused-ring (bicyclic) bond motifs is 4. The van der Waals surface area contributed by atoms with Crippen LogP contribution in [0.1, 0.15) is 18.1 Å². The van der Waals surface area contributed by atoms with E-state index in [0.29, 0.717) is 11.8 Å². The molecule has 24 heavy (non-hydrogen) atoms. The molecule has 5 unspecified atom stereocenters. The van der Waals surface area contributed by atoms with Gasteiger partial charge in [-0.25, -0.2) is 0 Å². The molecule has 4 nitrogen and oxygen atoms in total. The summed E-state index contributed by atoms with van der Waals surface area (Å²) in [6.07, 6.45) is 4.52. The largest absolute Gasteiger partial charge is 0.497 e. The fraction of sp³-hybridized carbons (Fsp3) is 0.450. The van der Waals surface area contributed by atoms with Crippen molar-refractivity contribution in [2.24, 2.45) is 17.8 Å². The lowest BCUT2D eigenvalue weighted by atomic mass is 9.69. The van der Waals surface area contributed by atoms with Crippen LogP contribution in [0.2, 0.25) is 0 Å². The van der Waals surface area contributed by atoms with E-state index in [1.165, 1.54) is 0 Å². The summed E-state index contributed by atoms with van der Waals surface area (Å²) in [6, 6.07) is 7.79. The highest BCUT2D eigenvalue weighted by molar-refractivity contribution is 5.83. The summed E-state index contributed by atoms with van der Waals surface area (Å²) in [5.74, 6) is 2.03. The van der Waals surface area contributed by atoms with Crippen LogP contribution in [0.4, 0.5) is 0 Å². The molecule has 1 aromatic carbocycles. The number of hydrogen-bond donors (Lipinski definition) is 1. The van der Waals surface area contributed by atoms with Gasteiger partial charge in [0.25, 0.3) is 0 Å². The molecule has 0 saturated carbocycles. The number of rotatable bonds is 4. The first-order chi connectivity index (χ1) is 11.7. The average Bonchev–Trinajstić information content (AvgIpc) is 2.66. The van der Waals surface area contributed by atoms with Crippen LogP contribution < -0.4 is 4.74 Å². The van der Waals surface area contributed by atoms with Gasteiger partial charge in [-0.1, -0.05) is 6.08 Å². The van der Waals surface area contributed by atoms with Crippen molar-refractivity contribution in [2.45, 2.75) is 12.5 Å². The second kappa shape index (κ2) is 6.19. The molecule has 0 spiro atoms. The van der Waals surface area contributed by atoms with E-state index in [4.69, 9.17) is 4.74 Å². The van der Waals surface area contributed by atoms with Gasteiger partial charge in [0.1, 0.15) is 5.75 Å². The van der Waals surface area contributed by atoms with Gasteiger partial charge in [-0.15, -0.1) is 6.58 Å². The molecular weight excluding hydrogens is 300 g/mol. The van der Waals surface area contributed by atoms with Gasteiger partial charge in [0.2, 0.25) is 0 Å². The second-order valence-corrected chi connectivity index (χ2v) is 7.00. The number of aromatic nitrogens is 1. The number of ether oxygens (including phenoxy) is 1. The maximum absolute atomic E-state index is 11.2. The van der Waals surface area contributed by atoms with Gasteiger partial charge in [-0.2, -0.15) is 0 Å². The van der Waals surface area contributed by atoms with Crippen LogP contribution in [0, 0.1) is 17.8 Å². The molecule has 2 bridgehead atoms. The third-order valence-corrected chi connectivity index (χ3v) is 5.83. The molecule has 5 atom stereocenters. The highest BCUT2D eigenvalue weighted by Gasteiger charge is 2.43. The Morgan fingerprint density at radius 2 is 2.25 bits per heavy atom. The third kappa shape index (κ3) is 2.50. The van der Waals surface area contributed by atoms with E-state index < -0.39 is 6.10 Å². The van der Waals surface area contributed by atoms with Crippen LogP contribution in [0.3, 0.4) is 0 Å². The molecule has 3 fully saturated rings. The van der Waals surface area contributed by atoms with Crippen molar-refractivity contribution in [3.63, 3.8) is 0 Å². The monoisotopic (exact) mass is 324 g/mol. The fourth-order valence-electron chi connectivity index (χ4n) is 4.55. The first kappa shape index (κ1) is 15.6. The van der Waals surface area contributed by atoms with Crippen molar-refractivity contribution in [1.29, 1.82) is 0 Å². The zero-order valence-corrected chi connectivity index (χ0v) is 14.1. The Balaban J connectivity index is 1.73. The molecule has 0 amide bonds. The van der Waals surface area contributed by atoms with Crippen LogP contribution in [0.25, 0.3) is 10.9 Å². The van der Waals surface area contributed by atoms with Gasteiger partial charge in [0, 0.05) is 30.6 Å². The van der Waals surface area contributed by atoms with E-state index in [9.17, 15) is 5.11 Å². The number of methoxy groups -OCH3 is 1. The molecule has 3 saturated heterocycles. The van der Waals surface area contributed by atoms with Crippen molar-refractivity contribution in [1.82, 2.24) is 9.88 Å². The smallest absolute Gasteiger partial charge is 0.119 e. The average molecular weight is 324 g/mol. The van der Waals surface area contributed by atoms with Crippen molar-refractivity contribution in [3.8, 4) is 5.75 Å². The van der Waals surface area contributed by atoms with E-state index >= 15 is 0 Å². The Morgan fingerprint density at radius 3 is 3.00 bits per heavy atom. The molecule has 1 N–H and O–H groups in total. The van der Waals surface area contributed by atoms with Crippen molar-refractivity contribution in [3.05, 3.63) is 48.7 Å². The number of aliphatic hydroxyl groups excluding tert-OH is 1. The summed E-state index contributed by atoms with van der Waals surface area (Å²) < 4.78 is 5.36. The maximum Gasteiger partial charge on any atom is 0.119 e. The summed E-state index contributed by atoms with van der Waals surface area (Å²) in [6.45, 7) is 7.20. The van der Waals surface area contributed by atoms with Gasteiger partial charge < -0.3 is 14.7 Å². The molecule has 3 aliphatic heterocycles. The summed E-state index contributed by atoms with van der Waals surface area (Å²) >= 11 is 0. The molecule has 126 valence electrons. The van der Waals surface area contributed by atoms with Crippen LogP contribution in [0.5, 0.6) is 5.75 Å². The first-order valence-corrected chi connectivity index (χ1v) is 8.67. The molecule has 1 aromatic heterocycles. The topological polar surface area (TPSA) is 45.6 Å². The van der Waals surface area contributed by atoms with E-state index in [2.05, 4.69) is 22.5 Å². The van der Waals surface area contributed by atoms with E-state index in [0.717, 1.165) is 48.3 Å². The number of aliphatic hydroxyl groups is 1. The number of hydrogen-bond acceptors (Lipinski definition) is 4. The maximum atomic E-state index is 11.2. The highest BCUT2D eigenvalue weighted by atomic mass is 16.5. The zero-order chi connectivity index (χ0) is 16.7. The Labute approximate surface area is 142 Å². The highest BCUT2D eigenvalue weighted by Crippen LogP contribution is 2.44. The lowest BCUT2D eigenvalue weighted by molar-refractivity contribution is -0.0472. The zero-order valence-electron chi connectivity index (χ0n) is 14.1. The number of pyridine rings is 1. The fourth-order valence-corrected chi connectivity index (χ4v) is 4.55. The van der Waals surface area contributed by atoms with Gasteiger partial charge in [-0.05, 0) is 54.6 Å². The van der Waals surface area contributed by atoms with Gasteiger partial charge in [0.15, 0.2) is 0 Å². The Morgan fingerprint density at radius 1 is 1.38 bits per heavy atom. The van der Waals surface area contributed by atoms with E-state index in [1.807, 2.05) is 24.3 Å². The quantitative estimate of drug-likeness (QED) is 0.878. The summed E-state index contributed by atoms with van der Waals surface area (Å²) in [4.78, 5) is 6.89. The third-order valence-electron chi connectivity index (χ3n) is 5.83. The molecule has 0 aliphatic carbocycles. The molecule has 0 radical (unpaired) electrons. The Bertz CT molecular complexity index is 760. The second-order valence-electron chi connectivity index (χ2n) is 7.00. The first-order valence-electron chi connectivity index (χ1n) is 8.67. The van der Waals surface area contributed by atoms with Crippen molar-refractivity contribution in [2.75, 3.05) is 26.7 Å². The molecule has 4 heteroatoms. The lowest BCUT2D eigenvalue weighted by Crippen LogP contribution is -2.53. The summed E-state index contributed by atoms with van der Waals surface area (Å²) in [7, 11) is 1.66. The van der Waals surface area contributed by atoms with Crippen molar-refractivity contribution < 1.29 is 9.84 Å². The summed E-state index contributed by atoms with van der Waals surface area (Å²) in [5, 5.41) is 12.2. The predicted octanol–water partition coefficient (Wildman–Crippen LogP) is 3.03. The molecule has 4 heterocycles. The minimum atomic E-state index is -0.488. The number of benzene rings is 1. The van der Waals surface area contributed by atoms with Crippen LogP contribution >= 0.6 is 0 Å². The Kier molecular flexibility index (Phi) is 4.02. The molecule has 5 rings (SSSR count). The van der Waals surface area contributed by atoms with Crippen LogP contribution in [-0.2, 0) is 0 Å². The standard InChI is InChI=1S/C20H24N2O2/c1-3-13-11-22-9-7-15(13)18(12-22)20(23)16-6-8-21-19-5-4-14(24-2)10-17(16)19/h3-6,8,10,13,15,18,20,23H,1,7,9,11-12H2,2H3. The number of piperidine rings is 3. The minimum absolute atomic E-state index is 0.243. The normalized spacial score (nSPS) is 30.2. The van der Waals surface area contributed by atoms with E-state index in [1.54, 1.807) is 13.3 Å². The number of nitrogens with zero attached hydrogens (tertiary/aromatic N) is 2. The van der Waals surface area contributed by atoms with Gasteiger partial charge in [0.05, 0.1) is 18.7 Å². The van der Waals surface area contributed by atoms with Crippen LogP contribution in [-0.4, -0.2) is 41.7 Å². The van der Waals surface area contributed by atoms with Gasteiger partial charge >= 0.3 is 0 Å². The SMILES string of the molecule is C=CC1CN2CCC1C(C(O)c1ccnc3ccc(OC)cc13)C2. The predicted molar refractivity (Wildman–Crippen MR) is 95.0 cm³/mol. The van der Waals surface area contributed by atoms with Crippen molar-refractivity contribution >= 4 is 10.9 Å². The van der Waals surface area contributed by atoms with E-state index in [-0.39, 0.29) is 5.92 Å². The van der Waals surface area contributed by atoms with Gasteiger partial charge in [-0.3, -0.25) is 4.98 Å². The molecular formula is C20H24N2O2. The molecule has 3 aliphatic rings. The lowest BCUT2D eigenvalue weighted by Gasteiger charge is -2.50. The molecule has 2 aromatic rings.